The number of methoxy groups -OCH3 is 1. The molecule has 5 heteroatoms. The average molecular weight is 291 g/mol. The molecule has 1 unspecified atom stereocenters. The van der Waals surface area contributed by atoms with E-state index < -0.39 is 6.10 Å². The molecule has 1 fully saturated rings. The van der Waals surface area contributed by atoms with Crippen LogP contribution >= 0.6 is 0 Å². The van der Waals surface area contributed by atoms with Crippen molar-refractivity contribution in [2.75, 3.05) is 20.2 Å². The van der Waals surface area contributed by atoms with Crippen molar-refractivity contribution >= 4 is 11.9 Å². The monoisotopic (exact) mass is 291 g/mol. The highest BCUT2D eigenvalue weighted by molar-refractivity contribution is 5.89. The first-order valence-corrected chi connectivity index (χ1v) is 7.25. The van der Waals surface area contributed by atoms with Crippen molar-refractivity contribution in [3.63, 3.8) is 0 Å². The molecule has 1 atom stereocenters. The summed E-state index contributed by atoms with van der Waals surface area (Å²) >= 11 is 0. The fraction of sp³-hybridized carbons (Fsp3) is 0.500. The van der Waals surface area contributed by atoms with E-state index in [0.29, 0.717) is 11.3 Å². The van der Waals surface area contributed by atoms with E-state index in [9.17, 15) is 9.59 Å². The maximum absolute atomic E-state index is 12.3. The number of carbonyl (C=O) groups is 2. The van der Waals surface area contributed by atoms with Crippen molar-refractivity contribution in [3.05, 3.63) is 29.8 Å². The molecule has 1 aliphatic heterocycles. The zero-order valence-corrected chi connectivity index (χ0v) is 12.5. The first-order chi connectivity index (χ1) is 10.1. The summed E-state index contributed by atoms with van der Waals surface area (Å²) in [7, 11) is 1.34. The van der Waals surface area contributed by atoms with Crippen LogP contribution in [0.5, 0.6) is 5.75 Å². The second-order valence-corrected chi connectivity index (χ2v) is 5.16. The number of hydrogen-bond acceptors (Lipinski definition) is 4. The van der Waals surface area contributed by atoms with Gasteiger partial charge in [-0.2, -0.15) is 0 Å². The molecule has 21 heavy (non-hydrogen) atoms. The van der Waals surface area contributed by atoms with E-state index in [1.165, 1.54) is 13.5 Å². The van der Waals surface area contributed by atoms with E-state index >= 15 is 0 Å². The van der Waals surface area contributed by atoms with Crippen LogP contribution in [0.15, 0.2) is 24.3 Å². The minimum Gasteiger partial charge on any atom is -0.481 e. The van der Waals surface area contributed by atoms with Gasteiger partial charge in [-0.15, -0.1) is 0 Å². The quantitative estimate of drug-likeness (QED) is 0.798. The van der Waals surface area contributed by atoms with E-state index in [4.69, 9.17) is 4.74 Å². The molecular weight excluding hydrogens is 270 g/mol. The van der Waals surface area contributed by atoms with Gasteiger partial charge in [-0.05, 0) is 50.5 Å². The molecule has 1 aromatic carbocycles. The molecule has 1 aromatic rings. The number of carbonyl (C=O) groups excluding carboxylic acids is 2. The normalized spacial score (nSPS) is 16.2. The van der Waals surface area contributed by atoms with Crippen LogP contribution in [0.4, 0.5) is 0 Å². The van der Waals surface area contributed by atoms with E-state index in [1.54, 1.807) is 31.2 Å². The Morgan fingerprint density at radius 1 is 1.10 bits per heavy atom. The third-order valence-electron chi connectivity index (χ3n) is 3.60. The van der Waals surface area contributed by atoms with Crippen LogP contribution in [0.25, 0.3) is 0 Å². The Hall–Kier alpha value is -2.04. The SMILES string of the molecule is COC(=O)c1ccc(OC(C)C(=O)N2CCCCC2)cc1. The number of amides is 1. The van der Waals surface area contributed by atoms with Gasteiger partial charge in [0.15, 0.2) is 6.10 Å². The lowest BCUT2D eigenvalue weighted by Crippen LogP contribution is -2.43. The largest absolute Gasteiger partial charge is 0.481 e. The summed E-state index contributed by atoms with van der Waals surface area (Å²) in [6.07, 6.45) is 2.79. The Labute approximate surface area is 124 Å². The molecule has 0 N–H and O–H groups in total. The second-order valence-electron chi connectivity index (χ2n) is 5.16. The van der Waals surface area contributed by atoms with Crippen LogP contribution in [0, 0.1) is 0 Å². The summed E-state index contributed by atoms with van der Waals surface area (Å²) in [4.78, 5) is 25.4. The van der Waals surface area contributed by atoms with Gasteiger partial charge in [0.2, 0.25) is 0 Å². The van der Waals surface area contributed by atoms with Gasteiger partial charge in [-0.3, -0.25) is 4.79 Å². The summed E-state index contributed by atoms with van der Waals surface area (Å²) in [6.45, 7) is 3.38. The number of nitrogens with zero attached hydrogens (tertiary/aromatic N) is 1. The summed E-state index contributed by atoms with van der Waals surface area (Å²) in [6, 6.07) is 6.59. The number of benzene rings is 1. The molecule has 0 radical (unpaired) electrons. The van der Waals surface area contributed by atoms with Gasteiger partial charge in [0, 0.05) is 13.1 Å². The van der Waals surface area contributed by atoms with Gasteiger partial charge < -0.3 is 14.4 Å². The smallest absolute Gasteiger partial charge is 0.337 e. The van der Waals surface area contributed by atoms with Gasteiger partial charge >= 0.3 is 5.97 Å². The van der Waals surface area contributed by atoms with E-state index in [-0.39, 0.29) is 11.9 Å². The van der Waals surface area contributed by atoms with Gasteiger partial charge in [0.1, 0.15) is 5.75 Å². The molecular formula is C16H21NO4. The molecule has 114 valence electrons. The van der Waals surface area contributed by atoms with Crippen molar-refractivity contribution in [1.29, 1.82) is 0 Å². The summed E-state index contributed by atoms with van der Waals surface area (Å²) in [5, 5.41) is 0. The molecule has 0 saturated carbocycles. The molecule has 0 bridgehead atoms. The van der Waals surface area contributed by atoms with Gasteiger partial charge in [0.25, 0.3) is 5.91 Å². The molecule has 0 aliphatic carbocycles. The number of hydrogen-bond donors (Lipinski definition) is 0. The standard InChI is InChI=1S/C16H21NO4/c1-12(15(18)17-10-4-3-5-11-17)21-14-8-6-13(7-9-14)16(19)20-2/h6-9,12H,3-5,10-11H2,1-2H3. The minimum atomic E-state index is -0.521. The van der Waals surface area contributed by atoms with Gasteiger partial charge in [-0.25, -0.2) is 4.79 Å². The average Bonchev–Trinajstić information content (AvgIpc) is 2.55. The summed E-state index contributed by atoms with van der Waals surface area (Å²) in [5.74, 6) is 0.200. The predicted molar refractivity (Wildman–Crippen MR) is 78.3 cm³/mol. The predicted octanol–water partition coefficient (Wildman–Crippen LogP) is 2.25. The Kier molecular flexibility index (Phi) is 5.20. The van der Waals surface area contributed by atoms with Crippen LogP contribution in [0.3, 0.4) is 0 Å². The van der Waals surface area contributed by atoms with Crippen LogP contribution in [0.1, 0.15) is 36.5 Å². The lowest BCUT2D eigenvalue weighted by molar-refractivity contribution is -0.138. The van der Waals surface area contributed by atoms with Crippen LogP contribution in [-0.4, -0.2) is 43.1 Å². The summed E-state index contributed by atoms with van der Waals surface area (Å²) in [5.41, 5.74) is 0.458. The first kappa shape index (κ1) is 15.4. The lowest BCUT2D eigenvalue weighted by Gasteiger charge is -2.29. The van der Waals surface area contributed by atoms with E-state index in [1.807, 2.05) is 4.90 Å². The molecule has 0 spiro atoms. The highest BCUT2D eigenvalue weighted by Gasteiger charge is 2.23. The van der Waals surface area contributed by atoms with Crippen molar-refractivity contribution in [3.8, 4) is 5.75 Å². The number of likely N-dealkylation sites (tertiary alicyclic amines) is 1. The maximum Gasteiger partial charge on any atom is 0.337 e. The third kappa shape index (κ3) is 3.97. The molecule has 1 heterocycles. The van der Waals surface area contributed by atoms with Crippen LogP contribution < -0.4 is 4.74 Å². The van der Waals surface area contributed by atoms with Crippen LogP contribution in [-0.2, 0) is 9.53 Å². The molecule has 1 aliphatic rings. The van der Waals surface area contributed by atoms with E-state index in [2.05, 4.69) is 4.74 Å². The number of ether oxygens (including phenoxy) is 2. The topological polar surface area (TPSA) is 55.8 Å². The Morgan fingerprint density at radius 2 is 1.71 bits per heavy atom. The molecule has 1 amide bonds. The maximum atomic E-state index is 12.3. The number of esters is 1. The molecule has 5 nitrogen and oxygen atoms in total. The lowest BCUT2D eigenvalue weighted by atomic mass is 10.1. The number of piperidine rings is 1. The number of rotatable bonds is 4. The Bertz CT molecular complexity index is 492. The van der Waals surface area contributed by atoms with Crippen LogP contribution in [0.2, 0.25) is 0 Å². The first-order valence-electron chi connectivity index (χ1n) is 7.25. The fourth-order valence-electron chi connectivity index (χ4n) is 2.41. The highest BCUT2D eigenvalue weighted by atomic mass is 16.5. The van der Waals surface area contributed by atoms with Gasteiger partial charge in [-0.1, -0.05) is 0 Å². The van der Waals surface area contributed by atoms with Crippen molar-refractivity contribution in [1.82, 2.24) is 4.90 Å². The molecule has 2 rings (SSSR count). The Morgan fingerprint density at radius 3 is 2.29 bits per heavy atom. The zero-order chi connectivity index (χ0) is 15.2. The van der Waals surface area contributed by atoms with Crippen molar-refractivity contribution in [2.45, 2.75) is 32.3 Å². The van der Waals surface area contributed by atoms with Gasteiger partial charge in [0.05, 0.1) is 12.7 Å². The highest BCUT2D eigenvalue weighted by Crippen LogP contribution is 2.17. The second kappa shape index (κ2) is 7.11. The minimum absolute atomic E-state index is 0.0201. The Balaban J connectivity index is 1.93. The molecule has 0 aromatic heterocycles. The van der Waals surface area contributed by atoms with E-state index in [0.717, 1.165) is 25.9 Å². The fourth-order valence-corrected chi connectivity index (χ4v) is 2.41. The third-order valence-corrected chi connectivity index (χ3v) is 3.60. The molecule has 1 saturated heterocycles. The zero-order valence-electron chi connectivity index (χ0n) is 12.5. The van der Waals surface area contributed by atoms with Crippen molar-refractivity contribution < 1.29 is 19.1 Å². The van der Waals surface area contributed by atoms with Crippen molar-refractivity contribution in [2.24, 2.45) is 0 Å². The summed E-state index contributed by atoms with van der Waals surface area (Å²) < 4.78 is 10.3.